The molecule has 0 saturated carbocycles. The SMILES string of the molecule is C.C=C1C=C(C)N(C(C)CCC)/C1=N/C(Cl)=NC. The molecule has 1 unspecified atom stereocenters. The number of hydrogen-bond donors (Lipinski definition) is 0. The molecule has 0 fully saturated rings. The van der Waals surface area contributed by atoms with Gasteiger partial charge in [-0.15, -0.1) is 0 Å². The van der Waals surface area contributed by atoms with Crippen LogP contribution in [-0.2, 0) is 0 Å². The van der Waals surface area contributed by atoms with E-state index in [2.05, 4.69) is 42.2 Å². The van der Waals surface area contributed by atoms with E-state index in [9.17, 15) is 0 Å². The lowest BCUT2D eigenvalue weighted by molar-refractivity contribution is 0.382. The van der Waals surface area contributed by atoms with Gasteiger partial charge in [-0.25, -0.2) is 4.99 Å². The van der Waals surface area contributed by atoms with Crippen LogP contribution < -0.4 is 0 Å². The maximum absolute atomic E-state index is 5.88. The van der Waals surface area contributed by atoms with Gasteiger partial charge in [-0.3, -0.25) is 4.99 Å². The Morgan fingerprint density at radius 1 is 1.56 bits per heavy atom. The van der Waals surface area contributed by atoms with Gasteiger partial charge in [0.15, 0.2) is 0 Å². The first kappa shape index (κ1) is 16.9. The molecular weight excluding hydrogens is 246 g/mol. The van der Waals surface area contributed by atoms with E-state index in [1.54, 1.807) is 7.05 Å². The molecular formula is C14H24ClN3. The fraction of sp³-hybridized carbons (Fsp3) is 0.571. The summed E-state index contributed by atoms with van der Waals surface area (Å²) in [6.45, 7) is 10.4. The minimum atomic E-state index is 0. The maximum Gasteiger partial charge on any atom is 0.219 e. The number of allylic oxidation sites excluding steroid dienone is 1. The molecule has 0 aromatic heterocycles. The van der Waals surface area contributed by atoms with Gasteiger partial charge in [0.25, 0.3) is 0 Å². The molecule has 0 radical (unpaired) electrons. The monoisotopic (exact) mass is 269 g/mol. The predicted octanol–water partition coefficient (Wildman–Crippen LogP) is 4.21. The summed E-state index contributed by atoms with van der Waals surface area (Å²) in [6, 6.07) is 0.399. The number of amidine groups is 2. The summed E-state index contributed by atoms with van der Waals surface area (Å²) in [5.41, 5.74) is 2.06. The highest BCUT2D eigenvalue weighted by molar-refractivity contribution is 6.65. The molecule has 0 saturated heterocycles. The van der Waals surface area contributed by atoms with Crippen LogP contribution in [0.2, 0.25) is 0 Å². The molecule has 4 heteroatoms. The average Bonchev–Trinajstić information content (AvgIpc) is 2.54. The topological polar surface area (TPSA) is 28.0 Å². The third-order valence-electron chi connectivity index (χ3n) is 2.81. The molecule has 0 aromatic carbocycles. The van der Waals surface area contributed by atoms with Crippen LogP contribution in [0.1, 0.15) is 41.0 Å². The first-order valence-corrected chi connectivity index (χ1v) is 6.26. The lowest BCUT2D eigenvalue weighted by Crippen LogP contribution is -2.34. The number of halogens is 1. The number of rotatable bonds is 3. The zero-order valence-electron chi connectivity index (χ0n) is 11.0. The quantitative estimate of drug-likeness (QED) is 0.428. The highest BCUT2D eigenvalue weighted by Crippen LogP contribution is 2.25. The second kappa shape index (κ2) is 7.37. The Hall–Kier alpha value is -1.09. The summed E-state index contributed by atoms with van der Waals surface area (Å²) in [4.78, 5) is 10.4. The molecule has 1 aliphatic rings. The van der Waals surface area contributed by atoms with Crippen LogP contribution in [0.3, 0.4) is 0 Å². The molecule has 0 aliphatic carbocycles. The van der Waals surface area contributed by atoms with Crippen LogP contribution in [0.15, 0.2) is 33.9 Å². The Morgan fingerprint density at radius 3 is 2.67 bits per heavy atom. The van der Waals surface area contributed by atoms with Crippen molar-refractivity contribution in [2.45, 2.75) is 47.1 Å². The van der Waals surface area contributed by atoms with Crippen molar-refractivity contribution < 1.29 is 0 Å². The molecule has 0 amide bonds. The van der Waals surface area contributed by atoms with E-state index in [-0.39, 0.29) is 12.7 Å². The Bertz CT molecular complexity index is 394. The van der Waals surface area contributed by atoms with Gasteiger partial charge in [0.1, 0.15) is 5.84 Å². The Kier molecular flexibility index (Phi) is 6.92. The Balaban J connectivity index is 0.00000289. The van der Waals surface area contributed by atoms with Gasteiger partial charge in [-0.1, -0.05) is 27.4 Å². The summed E-state index contributed by atoms with van der Waals surface area (Å²) in [7, 11) is 1.63. The molecule has 0 N–H and O–H groups in total. The first-order chi connectivity index (χ1) is 8.01. The smallest absolute Gasteiger partial charge is 0.219 e. The van der Waals surface area contributed by atoms with Crippen molar-refractivity contribution in [3.63, 3.8) is 0 Å². The van der Waals surface area contributed by atoms with E-state index in [0.29, 0.717) is 6.04 Å². The van der Waals surface area contributed by atoms with Gasteiger partial charge in [0, 0.05) is 24.4 Å². The molecule has 1 aliphatic heterocycles. The van der Waals surface area contributed by atoms with Crippen molar-refractivity contribution >= 4 is 22.7 Å². The minimum absolute atomic E-state index is 0. The van der Waals surface area contributed by atoms with E-state index in [1.807, 2.05) is 6.08 Å². The van der Waals surface area contributed by atoms with Crippen molar-refractivity contribution in [1.29, 1.82) is 0 Å². The van der Waals surface area contributed by atoms with Crippen molar-refractivity contribution in [1.82, 2.24) is 4.90 Å². The molecule has 1 rings (SSSR count). The van der Waals surface area contributed by atoms with E-state index in [1.165, 1.54) is 0 Å². The van der Waals surface area contributed by atoms with Crippen LogP contribution in [0.5, 0.6) is 0 Å². The lowest BCUT2D eigenvalue weighted by Gasteiger charge is -2.28. The fourth-order valence-electron chi connectivity index (χ4n) is 2.07. The van der Waals surface area contributed by atoms with Gasteiger partial charge >= 0.3 is 0 Å². The molecule has 0 spiro atoms. The zero-order valence-corrected chi connectivity index (χ0v) is 11.8. The number of hydrogen-bond acceptors (Lipinski definition) is 1. The lowest BCUT2D eigenvalue weighted by atomic mass is 10.1. The third-order valence-corrected chi connectivity index (χ3v) is 3.06. The molecule has 1 atom stereocenters. The second-order valence-corrected chi connectivity index (χ2v) is 4.58. The summed E-state index contributed by atoms with van der Waals surface area (Å²) in [5, 5.41) is 0.262. The van der Waals surface area contributed by atoms with Gasteiger partial charge in [-0.05, 0) is 37.9 Å². The normalized spacial score (nSPS) is 19.9. The number of nitrogens with zero attached hydrogens (tertiary/aromatic N) is 3. The molecule has 18 heavy (non-hydrogen) atoms. The second-order valence-electron chi connectivity index (χ2n) is 4.25. The zero-order chi connectivity index (χ0) is 13.0. The van der Waals surface area contributed by atoms with E-state index in [4.69, 9.17) is 11.6 Å². The van der Waals surface area contributed by atoms with Crippen LogP contribution in [0.4, 0.5) is 0 Å². The van der Waals surface area contributed by atoms with Crippen LogP contribution in [-0.4, -0.2) is 29.1 Å². The van der Waals surface area contributed by atoms with Gasteiger partial charge < -0.3 is 4.90 Å². The maximum atomic E-state index is 5.88. The van der Waals surface area contributed by atoms with E-state index >= 15 is 0 Å². The third kappa shape index (κ3) is 3.70. The first-order valence-electron chi connectivity index (χ1n) is 5.89. The standard InChI is InChI=1S/C13H20ClN3.CH4/c1-6-7-10(3)17-11(4)8-9(2)12(17)16-13(14)15-5;/h8,10H,2,6-7H2,1,3-5H3;1H4/b15-13?,16-12+;. The molecule has 102 valence electrons. The molecule has 1 heterocycles. The summed E-state index contributed by atoms with van der Waals surface area (Å²) in [5.74, 6) is 0.819. The number of aliphatic imine (C=N–C) groups is 2. The Morgan fingerprint density at radius 2 is 2.17 bits per heavy atom. The van der Waals surface area contributed by atoms with E-state index < -0.39 is 0 Å². The molecule has 3 nitrogen and oxygen atoms in total. The van der Waals surface area contributed by atoms with Crippen molar-refractivity contribution in [2.24, 2.45) is 9.98 Å². The van der Waals surface area contributed by atoms with Gasteiger partial charge in [0.05, 0.1) is 0 Å². The fourth-order valence-corrected chi connectivity index (χ4v) is 2.15. The molecule has 0 aromatic rings. The highest BCUT2D eigenvalue weighted by Gasteiger charge is 2.26. The Labute approximate surface area is 116 Å². The van der Waals surface area contributed by atoms with Crippen LogP contribution in [0.25, 0.3) is 0 Å². The largest absolute Gasteiger partial charge is 0.327 e. The van der Waals surface area contributed by atoms with Gasteiger partial charge in [0.2, 0.25) is 5.29 Å². The average molecular weight is 270 g/mol. The predicted molar refractivity (Wildman–Crippen MR) is 82.5 cm³/mol. The van der Waals surface area contributed by atoms with Crippen molar-refractivity contribution in [2.75, 3.05) is 7.05 Å². The van der Waals surface area contributed by atoms with Crippen LogP contribution in [0, 0.1) is 0 Å². The summed E-state index contributed by atoms with van der Waals surface area (Å²) in [6.07, 6.45) is 4.28. The summed E-state index contributed by atoms with van der Waals surface area (Å²) < 4.78 is 0. The van der Waals surface area contributed by atoms with E-state index in [0.717, 1.165) is 29.9 Å². The molecule has 0 bridgehead atoms. The minimum Gasteiger partial charge on any atom is -0.327 e. The van der Waals surface area contributed by atoms with Crippen LogP contribution >= 0.6 is 11.6 Å². The highest BCUT2D eigenvalue weighted by atomic mass is 35.5. The van der Waals surface area contributed by atoms with Crippen molar-refractivity contribution in [3.05, 3.63) is 23.9 Å². The van der Waals surface area contributed by atoms with Crippen molar-refractivity contribution in [3.8, 4) is 0 Å². The summed E-state index contributed by atoms with van der Waals surface area (Å²) >= 11 is 5.88. The van der Waals surface area contributed by atoms with Gasteiger partial charge in [-0.2, -0.15) is 0 Å².